The van der Waals surface area contributed by atoms with Gasteiger partial charge >= 0.3 is 0 Å². The van der Waals surface area contributed by atoms with Crippen molar-refractivity contribution in [2.24, 2.45) is 5.73 Å². The molecule has 0 unspecified atom stereocenters. The number of hydrogen-bond donors (Lipinski definition) is 1. The average Bonchev–Trinajstić information content (AvgIpc) is 3.03. The van der Waals surface area contributed by atoms with Crippen LogP contribution in [0.25, 0.3) is 0 Å². The van der Waals surface area contributed by atoms with E-state index in [1.54, 1.807) is 13.0 Å². The van der Waals surface area contributed by atoms with Crippen LogP contribution in [0.4, 0.5) is 0 Å². The summed E-state index contributed by atoms with van der Waals surface area (Å²) in [5.41, 5.74) is 6.37. The van der Waals surface area contributed by atoms with Crippen LogP contribution in [0.15, 0.2) is 28.0 Å². The normalized spacial score (nSPS) is 22.9. The molecule has 10 heteroatoms. The summed E-state index contributed by atoms with van der Waals surface area (Å²) in [6.45, 7) is 3.29. The van der Waals surface area contributed by atoms with Crippen molar-refractivity contribution in [3.63, 3.8) is 0 Å². The Morgan fingerprint density at radius 1 is 0.962 bits per heavy atom. The van der Waals surface area contributed by atoms with Gasteiger partial charge in [-0.25, -0.2) is 16.8 Å². The molecule has 7 nitrogen and oxygen atoms in total. The van der Waals surface area contributed by atoms with Gasteiger partial charge in [-0.3, -0.25) is 0 Å². The summed E-state index contributed by atoms with van der Waals surface area (Å²) in [4.78, 5) is 0.0988. The lowest BCUT2D eigenvalue weighted by Gasteiger charge is -2.26. The fourth-order valence-corrected chi connectivity index (χ4v) is 6.77. The number of nitrogens with two attached hydrogens (primary N) is 1. The van der Waals surface area contributed by atoms with Gasteiger partial charge in [-0.05, 0) is 43.9 Å². The van der Waals surface area contributed by atoms with Crippen LogP contribution in [-0.2, 0) is 20.0 Å². The highest BCUT2D eigenvalue weighted by molar-refractivity contribution is 7.90. The molecule has 26 heavy (non-hydrogen) atoms. The largest absolute Gasteiger partial charge is 0.326 e. The number of hydrogen-bond acceptors (Lipinski definition) is 5. The molecule has 2 aliphatic heterocycles. The third kappa shape index (κ3) is 4.07. The number of nitrogens with zero attached hydrogens (tertiary/aromatic N) is 2. The molecule has 148 valence electrons. The third-order valence-electron chi connectivity index (χ3n) is 4.92. The van der Waals surface area contributed by atoms with Gasteiger partial charge in [-0.1, -0.05) is 12.5 Å². The van der Waals surface area contributed by atoms with Gasteiger partial charge < -0.3 is 5.73 Å². The monoisotopic (exact) mass is 423 g/mol. The van der Waals surface area contributed by atoms with Crippen LogP contribution >= 0.6 is 12.4 Å². The Kier molecular flexibility index (Phi) is 6.74. The zero-order valence-corrected chi connectivity index (χ0v) is 17.2. The second kappa shape index (κ2) is 8.12. The molecule has 0 aliphatic carbocycles. The van der Waals surface area contributed by atoms with Gasteiger partial charge in [-0.15, -0.1) is 12.4 Å². The topological polar surface area (TPSA) is 101 Å². The molecule has 2 aliphatic rings. The number of aryl methyl sites for hydroxylation is 1. The van der Waals surface area contributed by atoms with Crippen LogP contribution in [-0.4, -0.2) is 57.7 Å². The number of piperidine rings is 1. The molecule has 1 aromatic carbocycles. The minimum Gasteiger partial charge on any atom is -0.326 e. The molecular formula is C16H26ClN3O4S2. The molecule has 2 fully saturated rings. The lowest BCUT2D eigenvalue weighted by Crippen LogP contribution is -2.36. The summed E-state index contributed by atoms with van der Waals surface area (Å²) in [5, 5.41) is 0. The zero-order chi connectivity index (χ0) is 18.2. The summed E-state index contributed by atoms with van der Waals surface area (Å²) in [7, 11) is -7.42. The smallest absolute Gasteiger partial charge is 0.243 e. The Morgan fingerprint density at radius 3 is 2.19 bits per heavy atom. The summed E-state index contributed by atoms with van der Waals surface area (Å²) < 4.78 is 54.3. The van der Waals surface area contributed by atoms with Gasteiger partial charge in [0.1, 0.15) is 0 Å². The predicted molar refractivity (Wildman–Crippen MR) is 102 cm³/mol. The minimum absolute atomic E-state index is 0. The molecule has 2 heterocycles. The number of benzene rings is 1. The van der Waals surface area contributed by atoms with Crippen molar-refractivity contribution < 1.29 is 16.8 Å². The Morgan fingerprint density at radius 2 is 1.62 bits per heavy atom. The standard InChI is InChI=1S/C16H25N3O4S2.ClH/c1-13-5-6-15(24(20,21)18-8-3-2-4-9-18)11-16(13)25(22,23)19-10-7-14(17)12-19;/h5-6,11,14H,2-4,7-10,12,17H2,1H3;1H/t14-;/m1./s1. The Balaban J connectivity index is 0.00000243. The van der Waals surface area contributed by atoms with E-state index in [1.807, 2.05) is 0 Å². The summed E-state index contributed by atoms with van der Waals surface area (Å²) in [6, 6.07) is 4.20. The highest BCUT2D eigenvalue weighted by atomic mass is 35.5. The molecule has 3 rings (SSSR count). The SMILES string of the molecule is Cc1ccc(S(=O)(=O)N2CCCCC2)cc1S(=O)(=O)N1CC[C@@H](N)C1.Cl. The van der Waals surface area contributed by atoms with E-state index in [9.17, 15) is 16.8 Å². The van der Waals surface area contributed by atoms with Crippen LogP contribution in [0.2, 0.25) is 0 Å². The molecule has 1 aromatic rings. The Hall–Kier alpha value is -0.710. The first kappa shape index (κ1) is 21.6. The van der Waals surface area contributed by atoms with Crippen molar-refractivity contribution in [2.75, 3.05) is 26.2 Å². The number of sulfonamides is 2. The van der Waals surface area contributed by atoms with Crippen LogP contribution < -0.4 is 5.73 Å². The summed E-state index contributed by atoms with van der Waals surface area (Å²) in [6.07, 6.45) is 3.31. The van der Waals surface area contributed by atoms with E-state index >= 15 is 0 Å². The molecule has 1 atom stereocenters. The van der Waals surface area contributed by atoms with Gasteiger partial charge in [0, 0.05) is 32.2 Å². The highest BCUT2D eigenvalue weighted by Crippen LogP contribution is 2.28. The van der Waals surface area contributed by atoms with Gasteiger partial charge in [0.05, 0.1) is 9.79 Å². The lowest BCUT2D eigenvalue weighted by molar-refractivity contribution is 0.346. The first-order valence-corrected chi connectivity index (χ1v) is 11.5. The van der Waals surface area contributed by atoms with Crippen LogP contribution in [0.5, 0.6) is 0 Å². The maximum absolute atomic E-state index is 12.9. The Bertz CT molecular complexity index is 852. The Labute approximate surface area is 162 Å². The second-order valence-electron chi connectivity index (χ2n) is 6.80. The summed E-state index contributed by atoms with van der Waals surface area (Å²) in [5.74, 6) is 0. The fourth-order valence-electron chi connectivity index (χ4n) is 3.38. The van der Waals surface area contributed by atoms with Gasteiger partial charge in [0.2, 0.25) is 20.0 Å². The first-order chi connectivity index (χ1) is 11.7. The van der Waals surface area contributed by atoms with Crippen LogP contribution in [0.1, 0.15) is 31.2 Å². The highest BCUT2D eigenvalue weighted by Gasteiger charge is 2.33. The van der Waals surface area contributed by atoms with Gasteiger partial charge in [0.15, 0.2) is 0 Å². The molecule has 0 amide bonds. The molecule has 0 saturated carbocycles. The molecular weight excluding hydrogens is 398 g/mol. The van der Waals surface area contributed by atoms with Crippen LogP contribution in [0, 0.1) is 6.92 Å². The molecule has 0 aromatic heterocycles. The maximum atomic E-state index is 12.9. The van der Waals surface area contributed by atoms with Crippen molar-refractivity contribution in [3.8, 4) is 0 Å². The molecule has 0 radical (unpaired) electrons. The predicted octanol–water partition coefficient (Wildman–Crippen LogP) is 1.31. The van der Waals surface area contributed by atoms with E-state index in [0.29, 0.717) is 31.6 Å². The van der Waals surface area contributed by atoms with Gasteiger partial charge in [0.25, 0.3) is 0 Å². The zero-order valence-electron chi connectivity index (χ0n) is 14.8. The fraction of sp³-hybridized carbons (Fsp3) is 0.625. The van der Waals surface area contributed by atoms with Crippen molar-refractivity contribution in [1.82, 2.24) is 8.61 Å². The number of halogens is 1. The molecule has 0 spiro atoms. The minimum atomic E-state index is -3.75. The first-order valence-electron chi connectivity index (χ1n) is 8.59. The van der Waals surface area contributed by atoms with Crippen molar-refractivity contribution in [3.05, 3.63) is 23.8 Å². The van der Waals surface area contributed by atoms with Gasteiger partial charge in [-0.2, -0.15) is 8.61 Å². The third-order valence-corrected chi connectivity index (χ3v) is 8.82. The van der Waals surface area contributed by atoms with E-state index in [-0.39, 0.29) is 34.8 Å². The quantitative estimate of drug-likeness (QED) is 0.786. The number of rotatable bonds is 4. The molecule has 2 saturated heterocycles. The summed E-state index contributed by atoms with van der Waals surface area (Å²) >= 11 is 0. The molecule has 2 N–H and O–H groups in total. The van der Waals surface area contributed by atoms with Crippen LogP contribution in [0.3, 0.4) is 0 Å². The van der Waals surface area contributed by atoms with E-state index in [2.05, 4.69) is 0 Å². The van der Waals surface area contributed by atoms with E-state index in [1.165, 1.54) is 20.7 Å². The van der Waals surface area contributed by atoms with E-state index in [4.69, 9.17) is 5.73 Å². The van der Waals surface area contributed by atoms with E-state index in [0.717, 1.165) is 19.3 Å². The van der Waals surface area contributed by atoms with E-state index < -0.39 is 20.0 Å². The average molecular weight is 424 g/mol. The van der Waals surface area contributed by atoms with Crippen molar-refractivity contribution in [1.29, 1.82) is 0 Å². The second-order valence-corrected chi connectivity index (χ2v) is 10.6. The van der Waals surface area contributed by atoms with Crippen molar-refractivity contribution in [2.45, 2.75) is 48.4 Å². The molecule has 0 bridgehead atoms. The van der Waals surface area contributed by atoms with Crippen molar-refractivity contribution >= 4 is 32.5 Å². The maximum Gasteiger partial charge on any atom is 0.243 e. The lowest BCUT2D eigenvalue weighted by atomic mass is 10.2.